The molecule has 2 aromatic carbocycles. The van der Waals surface area contributed by atoms with E-state index in [4.69, 9.17) is 4.42 Å². The zero-order valence-electron chi connectivity index (χ0n) is 14.2. The van der Waals surface area contributed by atoms with E-state index in [9.17, 15) is 9.18 Å². The number of carbonyl (C=O) groups excluding carboxylic acids is 1. The molecule has 1 aromatic heterocycles. The van der Waals surface area contributed by atoms with Gasteiger partial charge in [0.1, 0.15) is 11.4 Å². The molecule has 3 aromatic rings. The van der Waals surface area contributed by atoms with Crippen LogP contribution in [-0.2, 0) is 0 Å². The average molecular weight is 350 g/mol. The van der Waals surface area contributed by atoms with E-state index < -0.39 is 0 Å². The van der Waals surface area contributed by atoms with Gasteiger partial charge in [-0.25, -0.2) is 4.39 Å². The number of carbonyl (C=O) groups is 1. The molecular weight excluding hydrogens is 331 g/mol. The van der Waals surface area contributed by atoms with Crippen molar-refractivity contribution in [2.24, 2.45) is 11.8 Å². The van der Waals surface area contributed by atoms with Crippen LogP contribution in [0.15, 0.2) is 59.0 Å². The molecule has 2 fully saturated rings. The van der Waals surface area contributed by atoms with Gasteiger partial charge < -0.3 is 14.6 Å². The Kier molecular flexibility index (Phi) is 3.57. The monoisotopic (exact) mass is 350 g/mol. The summed E-state index contributed by atoms with van der Waals surface area (Å²) < 4.78 is 19.6. The van der Waals surface area contributed by atoms with Gasteiger partial charge in [0.25, 0.3) is 5.91 Å². The number of para-hydroxylation sites is 1. The molecule has 132 valence electrons. The number of likely N-dealkylation sites (tertiary alicyclic amines) is 1. The van der Waals surface area contributed by atoms with Crippen LogP contribution in [0, 0.1) is 17.7 Å². The molecule has 1 amide bonds. The minimum atomic E-state index is -0.270. The molecule has 2 saturated heterocycles. The topological polar surface area (TPSA) is 45.5 Å². The van der Waals surface area contributed by atoms with Crippen LogP contribution < -0.4 is 5.32 Å². The van der Waals surface area contributed by atoms with E-state index in [1.807, 2.05) is 35.2 Å². The fraction of sp³-hybridized carbons (Fsp3) is 0.286. The van der Waals surface area contributed by atoms with E-state index >= 15 is 0 Å². The third-order valence-corrected chi connectivity index (χ3v) is 5.65. The first-order chi connectivity index (χ1) is 12.7. The van der Waals surface area contributed by atoms with Crippen molar-refractivity contribution in [3.63, 3.8) is 0 Å². The van der Waals surface area contributed by atoms with E-state index in [0.717, 1.165) is 24.0 Å². The Morgan fingerprint density at radius 1 is 1.12 bits per heavy atom. The summed E-state index contributed by atoms with van der Waals surface area (Å²) >= 11 is 0. The Morgan fingerprint density at radius 2 is 2.00 bits per heavy atom. The standard InChI is InChI=1S/C21H19FN2O2/c22-16-6-3-5-14(8-16)20-17-11-23-10-15(17)12-24(20)21(25)19-9-13-4-1-2-7-18(13)26-19/h1-9,15,17,20,23H,10-12H2/t15-,17-,20-/m0/s1. The predicted molar refractivity (Wildman–Crippen MR) is 96.2 cm³/mol. The van der Waals surface area contributed by atoms with Gasteiger partial charge in [-0.1, -0.05) is 30.3 Å². The summed E-state index contributed by atoms with van der Waals surface area (Å²) in [7, 11) is 0. The van der Waals surface area contributed by atoms with E-state index in [1.54, 1.807) is 18.2 Å². The molecule has 4 nitrogen and oxygen atoms in total. The Balaban J connectivity index is 1.54. The molecule has 5 heteroatoms. The number of amides is 1. The number of nitrogens with one attached hydrogen (secondary N) is 1. The van der Waals surface area contributed by atoms with Crippen LogP contribution in [0.4, 0.5) is 4.39 Å². The van der Waals surface area contributed by atoms with E-state index in [0.29, 0.717) is 29.7 Å². The smallest absolute Gasteiger partial charge is 0.290 e. The largest absolute Gasteiger partial charge is 0.451 e. The second-order valence-corrected chi connectivity index (χ2v) is 7.19. The van der Waals surface area contributed by atoms with E-state index in [2.05, 4.69) is 5.32 Å². The highest BCUT2D eigenvalue weighted by atomic mass is 19.1. The van der Waals surface area contributed by atoms with Crippen molar-refractivity contribution in [2.75, 3.05) is 19.6 Å². The third-order valence-electron chi connectivity index (χ3n) is 5.65. The molecule has 5 rings (SSSR count). The summed E-state index contributed by atoms with van der Waals surface area (Å²) in [5.41, 5.74) is 1.56. The van der Waals surface area contributed by atoms with Gasteiger partial charge in [-0.15, -0.1) is 0 Å². The molecule has 1 N–H and O–H groups in total. The van der Waals surface area contributed by atoms with Gasteiger partial charge in [-0.3, -0.25) is 4.79 Å². The zero-order chi connectivity index (χ0) is 17.7. The molecule has 3 heterocycles. The lowest BCUT2D eigenvalue weighted by molar-refractivity contribution is 0.0683. The SMILES string of the molecule is O=C(c1cc2ccccc2o1)N1C[C@@H]2CNC[C@@H]2[C@@H]1c1cccc(F)c1. The highest BCUT2D eigenvalue weighted by molar-refractivity contribution is 5.96. The average Bonchev–Trinajstić information content (AvgIpc) is 3.34. The molecule has 2 aliphatic heterocycles. The van der Waals surface area contributed by atoms with Crippen molar-refractivity contribution in [3.8, 4) is 0 Å². The van der Waals surface area contributed by atoms with Crippen molar-refractivity contribution in [3.05, 3.63) is 71.7 Å². The summed E-state index contributed by atoms with van der Waals surface area (Å²) in [6.45, 7) is 2.39. The summed E-state index contributed by atoms with van der Waals surface area (Å²) in [5, 5.41) is 4.32. The molecule has 2 aliphatic rings. The van der Waals surface area contributed by atoms with Gasteiger partial charge in [0.2, 0.25) is 0 Å². The summed E-state index contributed by atoms with van der Waals surface area (Å²) in [6, 6.07) is 15.9. The lowest BCUT2D eigenvalue weighted by Crippen LogP contribution is -2.34. The molecule has 0 radical (unpaired) electrons. The fourth-order valence-corrected chi connectivity index (χ4v) is 4.48. The van der Waals surface area contributed by atoms with Crippen LogP contribution in [0.1, 0.15) is 22.2 Å². The molecule has 0 aliphatic carbocycles. The summed E-state index contributed by atoms with van der Waals surface area (Å²) in [6.07, 6.45) is 0. The minimum Gasteiger partial charge on any atom is -0.451 e. The first kappa shape index (κ1) is 15.6. The number of hydrogen-bond acceptors (Lipinski definition) is 3. The van der Waals surface area contributed by atoms with Crippen LogP contribution in [0.3, 0.4) is 0 Å². The quantitative estimate of drug-likeness (QED) is 0.768. The van der Waals surface area contributed by atoms with Gasteiger partial charge in [-0.2, -0.15) is 0 Å². The molecule has 0 saturated carbocycles. The van der Waals surface area contributed by atoms with Gasteiger partial charge in [-0.05, 0) is 35.7 Å². The lowest BCUT2D eigenvalue weighted by Gasteiger charge is -2.27. The van der Waals surface area contributed by atoms with Crippen molar-refractivity contribution in [2.45, 2.75) is 6.04 Å². The van der Waals surface area contributed by atoms with E-state index in [1.165, 1.54) is 6.07 Å². The second-order valence-electron chi connectivity index (χ2n) is 7.19. The van der Waals surface area contributed by atoms with Gasteiger partial charge >= 0.3 is 0 Å². The summed E-state index contributed by atoms with van der Waals surface area (Å²) in [5.74, 6) is 0.639. The Labute approximate surface area is 150 Å². The zero-order valence-corrected chi connectivity index (χ0v) is 14.2. The van der Waals surface area contributed by atoms with Crippen LogP contribution in [-0.4, -0.2) is 30.4 Å². The molecule has 26 heavy (non-hydrogen) atoms. The Bertz CT molecular complexity index is 950. The molecule has 0 bridgehead atoms. The fourth-order valence-electron chi connectivity index (χ4n) is 4.48. The molecule has 0 spiro atoms. The van der Waals surface area contributed by atoms with Gasteiger partial charge in [0.05, 0.1) is 6.04 Å². The highest BCUT2D eigenvalue weighted by Gasteiger charge is 2.47. The summed E-state index contributed by atoms with van der Waals surface area (Å²) in [4.78, 5) is 15.1. The number of fused-ring (bicyclic) bond motifs is 2. The van der Waals surface area contributed by atoms with Crippen LogP contribution in [0.2, 0.25) is 0 Å². The van der Waals surface area contributed by atoms with Crippen molar-refractivity contribution in [1.29, 1.82) is 0 Å². The molecular formula is C21H19FN2O2. The predicted octanol–water partition coefficient (Wildman–Crippen LogP) is 3.60. The maximum atomic E-state index is 13.8. The number of rotatable bonds is 2. The normalized spacial score (nSPS) is 25.0. The second kappa shape index (κ2) is 5.95. The number of nitrogens with zero attached hydrogens (tertiary/aromatic N) is 1. The number of benzene rings is 2. The maximum absolute atomic E-state index is 13.8. The van der Waals surface area contributed by atoms with Crippen molar-refractivity contribution >= 4 is 16.9 Å². The minimum absolute atomic E-state index is 0.120. The number of furan rings is 1. The van der Waals surface area contributed by atoms with Gasteiger partial charge in [0.15, 0.2) is 5.76 Å². The number of halogens is 1. The maximum Gasteiger partial charge on any atom is 0.290 e. The highest BCUT2D eigenvalue weighted by Crippen LogP contribution is 2.43. The van der Waals surface area contributed by atoms with Crippen molar-refractivity contribution < 1.29 is 13.6 Å². The Hall–Kier alpha value is -2.66. The van der Waals surface area contributed by atoms with Crippen LogP contribution in [0.25, 0.3) is 11.0 Å². The first-order valence-electron chi connectivity index (χ1n) is 8.96. The first-order valence-corrected chi connectivity index (χ1v) is 8.96. The van der Waals surface area contributed by atoms with Crippen LogP contribution >= 0.6 is 0 Å². The lowest BCUT2D eigenvalue weighted by atomic mass is 9.89. The van der Waals surface area contributed by atoms with Crippen LogP contribution in [0.5, 0.6) is 0 Å². The van der Waals surface area contributed by atoms with Gasteiger partial charge in [0, 0.05) is 30.9 Å². The van der Waals surface area contributed by atoms with Crippen molar-refractivity contribution in [1.82, 2.24) is 10.2 Å². The molecule has 3 atom stereocenters. The van der Waals surface area contributed by atoms with E-state index in [-0.39, 0.29) is 17.8 Å². The molecule has 0 unspecified atom stereocenters. The number of hydrogen-bond donors (Lipinski definition) is 1. The Morgan fingerprint density at radius 3 is 2.85 bits per heavy atom. The third kappa shape index (κ3) is 2.42.